The fourth-order valence-corrected chi connectivity index (χ4v) is 2.10. The highest BCUT2D eigenvalue weighted by Gasteiger charge is 2.11. The fraction of sp³-hybridized carbons (Fsp3) is 0. The average Bonchev–Trinajstić information content (AvgIpc) is 2.39. The highest BCUT2D eigenvalue weighted by atomic mass is 79.9. The minimum atomic E-state index is -1.11. The molecule has 0 bridgehead atoms. The lowest BCUT2D eigenvalue weighted by molar-refractivity contribution is 0.0697. The lowest BCUT2D eigenvalue weighted by Gasteiger charge is -2.07. The van der Waals surface area contributed by atoms with Crippen LogP contribution in [0.15, 0.2) is 46.9 Å². The van der Waals surface area contributed by atoms with E-state index in [2.05, 4.69) is 21.2 Å². The summed E-state index contributed by atoms with van der Waals surface area (Å²) in [4.78, 5) is 22.8. The van der Waals surface area contributed by atoms with E-state index < -0.39 is 5.97 Å². The molecule has 0 heterocycles. The van der Waals surface area contributed by atoms with Gasteiger partial charge in [-0.2, -0.15) is 0 Å². The Hall–Kier alpha value is -1.85. The molecular formula is C14H9BrClNO3. The fourth-order valence-electron chi connectivity index (χ4n) is 1.57. The van der Waals surface area contributed by atoms with Crippen molar-refractivity contribution in [3.05, 3.63) is 63.1 Å². The number of nitrogens with one attached hydrogen (secondary N) is 1. The van der Waals surface area contributed by atoms with E-state index in [1.165, 1.54) is 18.2 Å². The summed E-state index contributed by atoms with van der Waals surface area (Å²) in [7, 11) is 0. The Kier molecular flexibility index (Phi) is 4.42. The number of carbonyl (C=O) groups excluding carboxylic acids is 1. The smallest absolute Gasteiger partial charge is 0.337 e. The lowest BCUT2D eigenvalue weighted by atomic mass is 10.2. The first-order valence-electron chi connectivity index (χ1n) is 5.57. The summed E-state index contributed by atoms with van der Waals surface area (Å²) in [6.45, 7) is 0. The maximum Gasteiger partial charge on any atom is 0.337 e. The number of halogens is 2. The standard InChI is InChI=1S/C14H9BrClNO3/c15-9-3-1-8(2-4-9)13(18)17-10-5-6-11(14(19)20)12(16)7-10/h1-7H,(H,17,18)(H,19,20). The molecule has 6 heteroatoms. The monoisotopic (exact) mass is 353 g/mol. The number of carboxylic acids is 1. The van der Waals surface area contributed by atoms with Gasteiger partial charge in [0, 0.05) is 15.7 Å². The maximum absolute atomic E-state index is 12.0. The zero-order valence-electron chi connectivity index (χ0n) is 10.1. The molecule has 0 radical (unpaired) electrons. The molecule has 0 saturated heterocycles. The third kappa shape index (κ3) is 3.37. The molecular weight excluding hydrogens is 346 g/mol. The second-order valence-corrected chi connectivity index (χ2v) is 5.28. The van der Waals surface area contributed by atoms with E-state index >= 15 is 0 Å². The van der Waals surface area contributed by atoms with Crippen LogP contribution in [0.25, 0.3) is 0 Å². The first-order valence-corrected chi connectivity index (χ1v) is 6.74. The molecule has 102 valence electrons. The molecule has 2 N–H and O–H groups in total. The number of aromatic carboxylic acids is 1. The number of hydrogen-bond donors (Lipinski definition) is 2. The van der Waals surface area contributed by atoms with E-state index in [0.717, 1.165) is 4.47 Å². The maximum atomic E-state index is 12.0. The Morgan fingerprint density at radius 3 is 2.30 bits per heavy atom. The molecule has 0 saturated carbocycles. The van der Waals surface area contributed by atoms with Crippen LogP contribution in [-0.2, 0) is 0 Å². The molecule has 0 aliphatic heterocycles. The molecule has 0 aliphatic rings. The van der Waals surface area contributed by atoms with E-state index in [4.69, 9.17) is 16.7 Å². The van der Waals surface area contributed by atoms with Crippen molar-refractivity contribution in [3.63, 3.8) is 0 Å². The predicted octanol–water partition coefficient (Wildman–Crippen LogP) is 4.05. The zero-order valence-corrected chi connectivity index (χ0v) is 12.4. The van der Waals surface area contributed by atoms with Crippen molar-refractivity contribution in [2.45, 2.75) is 0 Å². The highest BCUT2D eigenvalue weighted by molar-refractivity contribution is 9.10. The van der Waals surface area contributed by atoms with Crippen LogP contribution in [0.4, 0.5) is 5.69 Å². The van der Waals surface area contributed by atoms with Crippen molar-refractivity contribution in [1.82, 2.24) is 0 Å². The minimum absolute atomic E-state index is 0.00620. The summed E-state index contributed by atoms with van der Waals surface area (Å²) in [5.41, 5.74) is 0.924. The Bertz CT molecular complexity index is 671. The van der Waals surface area contributed by atoms with Gasteiger partial charge < -0.3 is 10.4 Å². The first-order chi connectivity index (χ1) is 9.47. The van der Waals surface area contributed by atoms with Gasteiger partial charge in [0.1, 0.15) is 0 Å². The SMILES string of the molecule is O=C(Nc1ccc(C(=O)O)c(Cl)c1)c1ccc(Br)cc1. The molecule has 0 fully saturated rings. The van der Waals surface area contributed by atoms with Gasteiger partial charge in [-0.15, -0.1) is 0 Å². The Labute approximate surface area is 128 Å². The number of carbonyl (C=O) groups is 2. The molecule has 2 aromatic carbocycles. The first kappa shape index (κ1) is 14.6. The van der Waals surface area contributed by atoms with Crippen LogP contribution in [-0.4, -0.2) is 17.0 Å². The van der Waals surface area contributed by atoms with Gasteiger partial charge in [-0.3, -0.25) is 4.79 Å². The molecule has 0 spiro atoms. The zero-order chi connectivity index (χ0) is 14.7. The van der Waals surface area contributed by atoms with Gasteiger partial charge in [0.2, 0.25) is 0 Å². The van der Waals surface area contributed by atoms with Gasteiger partial charge in [-0.05, 0) is 42.5 Å². The molecule has 4 nitrogen and oxygen atoms in total. The molecule has 0 unspecified atom stereocenters. The van der Waals surface area contributed by atoms with Crippen molar-refractivity contribution in [1.29, 1.82) is 0 Å². The summed E-state index contributed by atoms with van der Waals surface area (Å²) in [5, 5.41) is 11.6. The van der Waals surface area contributed by atoms with E-state index in [0.29, 0.717) is 11.3 Å². The lowest BCUT2D eigenvalue weighted by Crippen LogP contribution is -2.12. The highest BCUT2D eigenvalue weighted by Crippen LogP contribution is 2.21. The van der Waals surface area contributed by atoms with E-state index in [9.17, 15) is 9.59 Å². The van der Waals surface area contributed by atoms with Crippen LogP contribution >= 0.6 is 27.5 Å². The second-order valence-electron chi connectivity index (χ2n) is 3.96. The third-order valence-corrected chi connectivity index (χ3v) is 3.41. The van der Waals surface area contributed by atoms with Gasteiger partial charge in [0.25, 0.3) is 5.91 Å². The third-order valence-electron chi connectivity index (χ3n) is 2.56. The molecule has 1 amide bonds. The Morgan fingerprint density at radius 1 is 1.10 bits per heavy atom. The van der Waals surface area contributed by atoms with Crippen LogP contribution in [0.2, 0.25) is 5.02 Å². The van der Waals surface area contributed by atoms with Gasteiger partial charge in [-0.25, -0.2) is 4.79 Å². The van der Waals surface area contributed by atoms with Crippen LogP contribution in [0.1, 0.15) is 20.7 Å². The van der Waals surface area contributed by atoms with Crippen molar-refractivity contribution in [2.75, 3.05) is 5.32 Å². The molecule has 0 atom stereocenters. The number of amides is 1. The van der Waals surface area contributed by atoms with Crippen molar-refractivity contribution in [2.24, 2.45) is 0 Å². The van der Waals surface area contributed by atoms with Crippen molar-refractivity contribution >= 4 is 45.1 Å². The Morgan fingerprint density at radius 2 is 1.75 bits per heavy atom. The van der Waals surface area contributed by atoms with Crippen LogP contribution < -0.4 is 5.32 Å². The van der Waals surface area contributed by atoms with Gasteiger partial charge in [0.05, 0.1) is 10.6 Å². The summed E-state index contributed by atoms with van der Waals surface area (Å²) >= 11 is 9.12. The minimum Gasteiger partial charge on any atom is -0.478 e. The molecule has 20 heavy (non-hydrogen) atoms. The largest absolute Gasteiger partial charge is 0.478 e. The molecule has 2 rings (SSSR count). The number of anilines is 1. The summed E-state index contributed by atoms with van der Waals surface area (Å²) in [5.74, 6) is -1.41. The molecule has 2 aromatic rings. The number of hydrogen-bond acceptors (Lipinski definition) is 2. The van der Waals surface area contributed by atoms with Gasteiger partial charge >= 0.3 is 5.97 Å². The van der Waals surface area contributed by atoms with E-state index in [1.807, 2.05) is 0 Å². The summed E-state index contributed by atoms with van der Waals surface area (Å²) in [6, 6.07) is 11.1. The number of carboxylic acid groups (broad SMARTS) is 1. The quantitative estimate of drug-likeness (QED) is 0.874. The molecule has 0 aliphatic carbocycles. The summed E-state index contributed by atoms with van der Waals surface area (Å²) in [6.07, 6.45) is 0. The predicted molar refractivity (Wildman–Crippen MR) is 80.5 cm³/mol. The van der Waals surface area contributed by atoms with Crippen molar-refractivity contribution < 1.29 is 14.7 Å². The Balaban J connectivity index is 2.18. The molecule has 0 aromatic heterocycles. The van der Waals surface area contributed by atoms with Crippen molar-refractivity contribution in [3.8, 4) is 0 Å². The number of benzene rings is 2. The topological polar surface area (TPSA) is 66.4 Å². The van der Waals surface area contributed by atoms with Gasteiger partial charge in [-0.1, -0.05) is 27.5 Å². The van der Waals surface area contributed by atoms with Crippen LogP contribution in [0.3, 0.4) is 0 Å². The normalized spacial score (nSPS) is 10.1. The summed E-state index contributed by atoms with van der Waals surface area (Å²) < 4.78 is 0.878. The van der Waals surface area contributed by atoms with E-state index in [-0.39, 0.29) is 16.5 Å². The van der Waals surface area contributed by atoms with Crippen LogP contribution in [0, 0.1) is 0 Å². The average molecular weight is 355 g/mol. The second kappa shape index (κ2) is 6.07. The number of rotatable bonds is 3. The van der Waals surface area contributed by atoms with E-state index in [1.54, 1.807) is 24.3 Å². The van der Waals surface area contributed by atoms with Gasteiger partial charge in [0.15, 0.2) is 0 Å². The van der Waals surface area contributed by atoms with Crippen LogP contribution in [0.5, 0.6) is 0 Å².